The monoisotopic (exact) mass is 265 g/mol. The summed E-state index contributed by atoms with van der Waals surface area (Å²) in [6, 6.07) is 0. The molecule has 0 spiro atoms. The van der Waals surface area contributed by atoms with E-state index >= 15 is 0 Å². The maximum Gasteiger partial charge on any atom is 0.174 e. The molecular weight excluding hydrogens is 242 g/mol. The summed E-state index contributed by atoms with van der Waals surface area (Å²) in [5.41, 5.74) is -0.649. The molecule has 0 aromatic rings. The second-order valence-corrected chi connectivity index (χ2v) is 8.85. The molecule has 18 heavy (non-hydrogen) atoms. The zero-order chi connectivity index (χ0) is 12.5. The van der Waals surface area contributed by atoms with Crippen molar-refractivity contribution in [2.75, 3.05) is 0 Å². The first kappa shape index (κ1) is 11.8. The van der Waals surface area contributed by atoms with Crippen LogP contribution in [0.5, 0.6) is 0 Å². The third-order valence-corrected chi connectivity index (χ3v) is 7.18. The Kier molecular flexibility index (Phi) is 2.32. The van der Waals surface area contributed by atoms with Gasteiger partial charge in [-0.3, -0.25) is 0 Å². The van der Waals surface area contributed by atoms with Crippen LogP contribution in [-0.2, 0) is 0 Å². The molecule has 1 aliphatic heterocycles. The van der Waals surface area contributed by atoms with Gasteiger partial charge in [0.05, 0.1) is 10.3 Å². The average molecular weight is 265 g/mol. The number of nitrogens with zero attached hydrogens (tertiary/aromatic N) is 1. The first-order chi connectivity index (χ1) is 8.51. The van der Waals surface area contributed by atoms with Gasteiger partial charge in [0.1, 0.15) is 0 Å². The molecule has 3 heteroatoms. The van der Waals surface area contributed by atoms with Crippen molar-refractivity contribution in [2.24, 2.45) is 28.2 Å². The summed E-state index contributed by atoms with van der Waals surface area (Å²) < 4.78 is 0. The van der Waals surface area contributed by atoms with Crippen LogP contribution in [-0.4, -0.2) is 21.1 Å². The summed E-state index contributed by atoms with van der Waals surface area (Å²) in [4.78, 5) is 4.73. The van der Waals surface area contributed by atoms with Crippen LogP contribution in [0.4, 0.5) is 0 Å². The maximum atomic E-state index is 11.3. The Morgan fingerprint density at radius 1 is 1.11 bits per heavy atom. The molecule has 2 nitrogen and oxygen atoms in total. The van der Waals surface area contributed by atoms with Gasteiger partial charge in [-0.15, -0.1) is 11.8 Å². The van der Waals surface area contributed by atoms with Crippen LogP contribution in [0.3, 0.4) is 0 Å². The van der Waals surface area contributed by atoms with E-state index in [-0.39, 0.29) is 10.7 Å². The second kappa shape index (κ2) is 3.54. The fourth-order valence-electron chi connectivity index (χ4n) is 5.81. The van der Waals surface area contributed by atoms with Crippen molar-refractivity contribution >= 4 is 16.8 Å². The zero-order valence-electron chi connectivity index (χ0n) is 11.4. The highest BCUT2D eigenvalue weighted by Crippen LogP contribution is 2.66. The van der Waals surface area contributed by atoms with Crippen LogP contribution >= 0.6 is 11.8 Å². The molecule has 0 aromatic carbocycles. The zero-order valence-corrected chi connectivity index (χ0v) is 12.2. The largest absolute Gasteiger partial charge is 0.368 e. The molecule has 5 aliphatic rings. The standard InChI is InChI=1S/C15H23NOS/c1-9-15(17,16-10(2)18-9)14-6-11-3-12(7-14)5-13(4-11)8-14/h9,11-13,17H,3-8H2,1-2H3/t9-,11?,12?,13?,14?,15+/m1/s1. The Hall–Kier alpha value is -0.0200. The van der Waals surface area contributed by atoms with E-state index in [1.807, 2.05) is 0 Å². The number of rotatable bonds is 1. The van der Waals surface area contributed by atoms with Crippen molar-refractivity contribution in [3.63, 3.8) is 0 Å². The van der Waals surface area contributed by atoms with Crippen LogP contribution in [0.1, 0.15) is 52.4 Å². The third kappa shape index (κ3) is 1.38. The van der Waals surface area contributed by atoms with Gasteiger partial charge in [-0.2, -0.15) is 0 Å². The quantitative estimate of drug-likeness (QED) is 0.787. The van der Waals surface area contributed by atoms with E-state index in [4.69, 9.17) is 4.99 Å². The lowest BCUT2D eigenvalue weighted by Crippen LogP contribution is -2.60. The maximum absolute atomic E-state index is 11.3. The van der Waals surface area contributed by atoms with Gasteiger partial charge < -0.3 is 5.11 Å². The topological polar surface area (TPSA) is 32.6 Å². The molecule has 4 bridgehead atoms. The molecule has 2 atom stereocenters. The van der Waals surface area contributed by atoms with Gasteiger partial charge in [0.15, 0.2) is 5.72 Å². The Balaban J connectivity index is 1.75. The first-order valence-corrected chi connectivity index (χ1v) is 8.34. The summed E-state index contributed by atoms with van der Waals surface area (Å²) in [6.45, 7) is 4.23. The minimum atomic E-state index is -0.766. The molecule has 4 fully saturated rings. The van der Waals surface area contributed by atoms with Crippen LogP contribution in [0.25, 0.3) is 0 Å². The fourth-order valence-corrected chi connectivity index (χ4v) is 6.98. The number of hydrogen-bond donors (Lipinski definition) is 1. The minimum absolute atomic E-state index is 0.117. The Bertz CT molecular complexity index is 383. The SMILES string of the molecule is CC1=N[C@@](O)(C23CC4CC(CC(C4)C2)C3)[C@@H](C)S1. The highest BCUT2D eigenvalue weighted by atomic mass is 32.2. The predicted octanol–water partition coefficient (Wildman–Crippen LogP) is 3.45. The molecule has 4 saturated carbocycles. The van der Waals surface area contributed by atoms with Crippen molar-refractivity contribution in [3.05, 3.63) is 0 Å². The van der Waals surface area contributed by atoms with Gasteiger partial charge in [-0.05, 0) is 70.1 Å². The molecule has 0 radical (unpaired) electrons. The van der Waals surface area contributed by atoms with E-state index in [1.54, 1.807) is 11.8 Å². The summed E-state index contributed by atoms with van der Waals surface area (Å²) in [5, 5.41) is 12.6. The number of aliphatic imine (C=N–C) groups is 1. The normalized spacial score (nSPS) is 58.1. The van der Waals surface area contributed by atoms with Gasteiger partial charge in [0, 0.05) is 5.41 Å². The Labute approximate surface area is 114 Å². The smallest absolute Gasteiger partial charge is 0.174 e. The van der Waals surface area contributed by atoms with Crippen LogP contribution in [0.2, 0.25) is 0 Å². The number of hydrogen-bond acceptors (Lipinski definition) is 3. The molecule has 0 unspecified atom stereocenters. The number of aliphatic hydroxyl groups is 1. The summed E-state index contributed by atoms with van der Waals surface area (Å²) in [6.07, 6.45) is 7.99. The summed E-state index contributed by atoms with van der Waals surface area (Å²) in [5.74, 6) is 2.65. The molecule has 4 aliphatic carbocycles. The first-order valence-electron chi connectivity index (χ1n) is 7.46. The minimum Gasteiger partial charge on any atom is -0.368 e. The second-order valence-electron chi connectivity index (χ2n) is 7.31. The Morgan fingerprint density at radius 3 is 2.00 bits per heavy atom. The lowest BCUT2D eigenvalue weighted by molar-refractivity contribution is -0.172. The predicted molar refractivity (Wildman–Crippen MR) is 75.7 cm³/mol. The van der Waals surface area contributed by atoms with Crippen molar-refractivity contribution in [1.82, 2.24) is 0 Å². The van der Waals surface area contributed by atoms with Crippen molar-refractivity contribution in [2.45, 2.75) is 63.3 Å². The molecular formula is C15H23NOS. The molecule has 100 valence electrons. The molecule has 0 amide bonds. The highest BCUT2D eigenvalue weighted by Gasteiger charge is 2.63. The Morgan fingerprint density at radius 2 is 1.61 bits per heavy atom. The highest BCUT2D eigenvalue weighted by molar-refractivity contribution is 8.14. The van der Waals surface area contributed by atoms with Gasteiger partial charge in [0.25, 0.3) is 0 Å². The third-order valence-electron chi connectivity index (χ3n) is 6.06. The van der Waals surface area contributed by atoms with E-state index < -0.39 is 5.72 Å². The lowest BCUT2D eigenvalue weighted by atomic mass is 9.46. The van der Waals surface area contributed by atoms with Crippen LogP contribution in [0, 0.1) is 23.2 Å². The van der Waals surface area contributed by atoms with Crippen molar-refractivity contribution in [3.8, 4) is 0 Å². The van der Waals surface area contributed by atoms with Crippen molar-refractivity contribution in [1.29, 1.82) is 0 Å². The van der Waals surface area contributed by atoms with E-state index in [9.17, 15) is 5.11 Å². The summed E-state index contributed by atoms with van der Waals surface area (Å²) >= 11 is 1.78. The molecule has 0 aromatic heterocycles. The van der Waals surface area contributed by atoms with Crippen LogP contribution < -0.4 is 0 Å². The van der Waals surface area contributed by atoms with E-state index in [0.717, 1.165) is 22.8 Å². The number of thioether (sulfide) groups is 1. The van der Waals surface area contributed by atoms with Gasteiger partial charge >= 0.3 is 0 Å². The molecule has 1 heterocycles. The lowest BCUT2D eigenvalue weighted by Gasteiger charge is -2.61. The molecule has 5 rings (SSSR count). The van der Waals surface area contributed by atoms with E-state index in [1.165, 1.54) is 38.5 Å². The summed E-state index contributed by atoms with van der Waals surface area (Å²) in [7, 11) is 0. The molecule has 0 saturated heterocycles. The fraction of sp³-hybridized carbons (Fsp3) is 0.933. The van der Waals surface area contributed by atoms with E-state index in [2.05, 4.69) is 13.8 Å². The molecule has 1 N–H and O–H groups in total. The van der Waals surface area contributed by atoms with Crippen molar-refractivity contribution < 1.29 is 5.11 Å². The van der Waals surface area contributed by atoms with Gasteiger partial charge in [-0.25, -0.2) is 4.99 Å². The van der Waals surface area contributed by atoms with Gasteiger partial charge in [-0.1, -0.05) is 0 Å². The van der Waals surface area contributed by atoms with Crippen LogP contribution in [0.15, 0.2) is 4.99 Å². The average Bonchev–Trinajstić information content (AvgIpc) is 2.52. The van der Waals surface area contributed by atoms with E-state index in [0.29, 0.717) is 0 Å². The van der Waals surface area contributed by atoms with Gasteiger partial charge in [0.2, 0.25) is 0 Å².